The predicted octanol–water partition coefficient (Wildman–Crippen LogP) is -3.35. The fourth-order valence-corrected chi connectivity index (χ4v) is 2.65. The van der Waals surface area contributed by atoms with Gasteiger partial charge >= 0.3 is 11.9 Å². The van der Waals surface area contributed by atoms with Crippen LogP contribution in [-0.4, -0.2) is 77.0 Å². The lowest BCUT2D eigenvalue weighted by Crippen LogP contribution is -2.54. The quantitative estimate of drug-likeness (QED) is 0.169. The van der Waals surface area contributed by atoms with Crippen molar-refractivity contribution < 1.29 is 39.0 Å². The van der Waals surface area contributed by atoms with Gasteiger partial charge in [-0.25, -0.2) is 4.79 Å². The molecule has 0 saturated carbocycles. The first-order valence-corrected chi connectivity index (χ1v) is 8.94. The highest BCUT2D eigenvalue weighted by Crippen LogP contribution is 2.05. The molecule has 0 bridgehead atoms. The summed E-state index contributed by atoms with van der Waals surface area (Å²) < 4.78 is 0. The molecule has 0 aromatic carbocycles. The summed E-state index contributed by atoms with van der Waals surface area (Å²) in [7, 11) is 0. The van der Waals surface area contributed by atoms with Gasteiger partial charge in [-0.3, -0.25) is 24.0 Å². The molecule has 1 aliphatic rings. The zero-order valence-electron chi connectivity index (χ0n) is 15.6. The molecule has 0 aromatic rings. The van der Waals surface area contributed by atoms with Crippen LogP contribution < -0.4 is 27.0 Å². The van der Waals surface area contributed by atoms with Crippen molar-refractivity contribution in [3.8, 4) is 0 Å². The molecule has 0 aromatic heterocycles. The Morgan fingerprint density at radius 2 is 1.76 bits per heavy atom. The maximum atomic E-state index is 12.2. The summed E-state index contributed by atoms with van der Waals surface area (Å²) in [6.45, 7) is 0.0139. The van der Waals surface area contributed by atoms with E-state index in [1.807, 2.05) is 0 Å². The van der Waals surface area contributed by atoms with E-state index in [9.17, 15) is 28.8 Å². The van der Waals surface area contributed by atoms with Gasteiger partial charge < -0.3 is 37.2 Å². The third-order valence-electron chi connectivity index (χ3n) is 4.12. The average molecular weight is 415 g/mol. The number of carboxylic acids is 2. The molecule has 0 aliphatic carbocycles. The van der Waals surface area contributed by atoms with E-state index in [1.54, 1.807) is 0 Å². The number of nitrogens with two attached hydrogens (primary N) is 1. The molecule has 0 spiro atoms. The fourth-order valence-electron chi connectivity index (χ4n) is 2.65. The van der Waals surface area contributed by atoms with E-state index in [2.05, 4.69) is 21.3 Å². The van der Waals surface area contributed by atoms with Crippen LogP contribution in [0.2, 0.25) is 0 Å². The Morgan fingerprint density at radius 3 is 2.28 bits per heavy atom. The second-order valence-electron chi connectivity index (χ2n) is 6.49. The number of nitrogens with one attached hydrogen (secondary N) is 4. The van der Waals surface area contributed by atoms with Crippen molar-refractivity contribution in [1.82, 2.24) is 21.3 Å². The third kappa shape index (κ3) is 9.01. The van der Waals surface area contributed by atoms with Gasteiger partial charge in [-0.2, -0.15) is 0 Å². The average Bonchev–Trinajstić information content (AvgIpc) is 3.16. The highest BCUT2D eigenvalue weighted by atomic mass is 16.4. The van der Waals surface area contributed by atoms with E-state index in [0.29, 0.717) is 13.0 Å². The van der Waals surface area contributed by atoms with E-state index in [1.165, 1.54) is 0 Å². The molecule has 1 aliphatic heterocycles. The van der Waals surface area contributed by atoms with Gasteiger partial charge in [-0.15, -0.1) is 0 Å². The number of carbonyl (C=O) groups excluding carboxylic acids is 4. The van der Waals surface area contributed by atoms with Crippen molar-refractivity contribution in [2.75, 3.05) is 13.1 Å². The van der Waals surface area contributed by atoms with E-state index >= 15 is 0 Å². The van der Waals surface area contributed by atoms with Gasteiger partial charge in [-0.1, -0.05) is 0 Å². The fraction of sp³-hybridized carbons (Fsp3) is 0.625. The van der Waals surface area contributed by atoms with Gasteiger partial charge in [0.1, 0.15) is 12.1 Å². The lowest BCUT2D eigenvalue weighted by Gasteiger charge is -2.20. The Hall–Kier alpha value is -3.22. The number of carboxylic acid groups (broad SMARTS) is 2. The molecule has 1 fully saturated rings. The molecule has 29 heavy (non-hydrogen) atoms. The minimum atomic E-state index is -1.44. The van der Waals surface area contributed by atoms with Crippen molar-refractivity contribution >= 4 is 35.6 Å². The minimum absolute atomic E-state index is 0.334. The Kier molecular flexibility index (Phi) is 9.51. The molecule has 13 heteroatoms. The number of rotatable bonds is 12. The molecule has 4 amide bonds. The number of hydrogen-bond acceptors (Lipinski definition) is 7. The van der Waals surface area contributed by atoms with Crippen LogP contribution in [0.4, 0.5) is 0 Å². The largest absolute Gasteiger partial charge is 0.481 e. The van der Waals surface area contributed by atoms with Gasteiger partial charge in [0.25, 0.3) is 0 Å². The molecule has 0 radical (unpaired) electrons. The van der Waals surface area contributed by atoms with Crippen molar-refractivity contribution in [2.24, 2.45) is 5.73 Å². The van der Waals surface area contributed by atoms with Gasteiger partial charge in [0, 0.05) is 6.42 Å². The number of aliphatic carboxylic acids is 2. The smallest absolute Gasteiger partial charge is 0.326 e. The summed E-state index contributed by atoms with van der Waals surface area (Å²) in [5.74, 6) is -5.68. The van der Waals surface area contributed by atoms with E-state index in [0.717, 1.165) is 6.42 Å². The molecule has 13 nitrogen and oxygen atoms in total. The molecule has 1 saturated heterocycles. The Balaban J connectivity index is 2.58. The van der Waals surface area contributed by atoms with Gasteiger partial charge in [0.05, 0.1) is 19.0 Å². The van der Waals surface area contributed by atoms with Gasteiger partial charge in [0.2, 0.25) is 23.6 Å². The van der Waals surface area contributed by atoms with Crippen LogP contribution in [0, 0.1) is 0 Å². The van der Waals surface area contributed by atoms with Crippen LogP contribution in [0.15, 0.2) is 0 Å². The maximum Gasteiger partial charge on any atom is 0.326 e. The lowest BCUT2D eigenvalue weighted by atomic mass is 10.1. The summed E-state index contributed by atoms with van der Waals surface area (Å²) in [5, 5.41) is 27.2. The van der Waals surface area contributed by atoms with E-state index < -0.39 is 73.1 Å². The summed E-state index contributed by atoms with van der Waals surface area (Å²) in [5.41, 5.74) is 5.09. The van der Waals surface area contributed by atoms with Crippen LogP contribution in [0.1, 0.15) is 32.1 Å². The highest BCUT2D eigenvalue weighted by Gasteiger charge is 2.29. The topological polar surface area (TPSA) is 217 Å². The summed E-state index contributed by atoms with van der Waals surface area (Å²) in [6.07, 6.45) is 0.0799. The second kappa shape index (κ2) is 11.6. The Labute approximate surface area is 165 Å². The first-order chi connectivity index (χ1) is 13.6. The molecule has 3 atom stereocenters. The summed E-state index contributed by atoms with van der Waals surface area (Å²) in [6, 6.07) is -3.23. The molecule has 162 valence electrons. The van der Waals surface area contributed by atoms with Crippen molar-refractivity contribution in [3.05, 3.63) is 0 Å². The number of primary amides is 1. The van der Waals surface area contributed by atoms with Crippen LogP contribution >= 0.6 is 0 Å². The van der Waals surface area contributed by atoms with E-state index in [4.69, 9.17) is 15.9 Å². The zero-order valence-corrected chi connectivity index (χ0v) is 15.6. The normalized spacial score (nSPS) is 17.6. The first kappa shape index (κ1) is 23.8. The monoisotopic (exact) mass is 415 g/mol. The summed E-state index contributed by atoms with van der Waals surface area (Å²) in [4.78, 5) is 69.0. The standard InChI is InChI=1S/C16H25N5O8/c17-11(22)6-10(21-15(27)8-2-1-5-18-8)14(26)19-7-12(23)20-9(16(28)29)3-4-13(24)25/h8-10,18H,1-7H2,(H2,17,22)(H,19,26)(H,20,23)(H,21,27)(H,24,25)(H,28,29). The van der Waals surface area contributed by atoms with Gasteiger partial charge in [-0.05, 0) is 25.8 Å². The molecular formula is C16H25N5O8. The molecule has 3 unspecified atom stereocenters. The SMILES string of the molecule is NC(=O)CC(NC(=O)C1CCCN1)C(=O)NCC(=O)NC(CCC(=O)O)C(=O)O. The maximum absolute atomic E-state index is 12.2. The molecule has 1 rings (SSSR count). The number of hydrogen-bond donors (Lipinski definition) is 7. The van der Waals surface area contributed by atoms with Crippen molar-refractivity contribution in [2.45, 2.75) is 50.2 Å². The van der Waals surface area contributed by atoms with Gasteiger partial charge in [0.15, 0.2) is 0 Å². The Morgan fingerprint density at radius 1 is 1.07 bits per heavy atom. The summed E-state index contributed by atoms with van der Waals surface area (Å²) >= 11 is 0. The first-order valence-electron chi connectivity index (χ1n) is 8.94. The Bertz CT molecular complexity index is 662. The van der Waals surface area contributed by atoms with Crippen LogP contribution in [-0.2, 0) is 28.8 Å². The predicted molar refractivity (Wildman–Crippen MR) is 96.2 cm³/mol. The van der Waals surface area contributed by atoms with E-state index in [-0.39, 0.29) is 6.42 Å². The second-order valence-corrected chi connectivity index (χ2v) is 6.49. The lowest BCUT2D eigenvalue weighted by molar-refractivity contribution is -0.143. The van der Waals surface area contributed by atoms with Crippen molar-refractivity contribution in [1.29, 1.82) is 0 Å². The minimum Gasteiger partial charge on any atom is -0.481 e. The molecule has 1 heterocycles. The van der Waals surface area contributed by atoms with Crippen LogP contribution in [0.25, 0.3) is 0 Å². The zero-order chi connectivity index (χ0) is 22.0. The third-order valence-corrected chi connectivity index (χ3v) is 4.12. The van der Waals surface area contributed by atoms with Crippen LogP contribution in [0.3, 0.4) is 0 Å². The van der Waals surface area contributed by atoms with Crippen LogP contribution in [0.5, 0.6) is 0 Å². The highest BCUT2D eigenvalue weighted by molar-refractivity contribution is 5.95. The number of amides is 4. The number of carbonyl (C=O) groups is 6. The molecule has 8 N–H and O–H groups in total. The molecular weight excluding hydrogens is 390 g/mol. The van der Waals surface area contributed by atoms with Crippen molar-refractivity contribution in [3.63, 3.8) is 0 Å².